The predicted octanol–water partition coefficient (Wildman–Crippen LogP) is 2.99. The van der Waals surface area contributed by atoms with Crippen LogP contribution in [0.1, 0.15) is 50.2 Å². The highest BCUT2D eigenvalue weighted by atomic mass is 32.2. The normalized spacial score (nSPS) is 21.1. The Kier molecular flexibility index (Phi) is 8.36. The molecule has 1 amide bonds. The second-order valence-corrected chi connectivity index (χ2v) is 12.4. The fourth-order valence-electron chi connectivity index (χ4n) is 5.34. The highest BCUT2D eigenvalue weighted by Crippen LogP contribution is 2.49. The quantitative estimate of drug-likeness (QED) is 0.402. The van der Waals surface area contributed by atoms with E-state index in [1.807, 2.05) is 38.1 Å². The minimum absolute atomic E-state index is 0.0407. The maximum absolute atomic E-state index is 13.4. The molecule has 8 nitrogen and oxygen atoms in total. The molecule has 0 saturated heterocycles. The summed E-state index contributed by atoms with van der Waals surface area (Å²) in [5, 5.41) is 15.7. The molecule has 0 fully saturated rings. The number of hydrogen-bond donors (Lipinski definition) is 3. The first kappa shape index (κ1) is 27.3. The molecular weight excluding hydrogens is 488 g/mol. The number of allylic oxidation sites excluding steroid dienone is 3. The summed E-state index contributed by atoms with van der Waals surface area (Å²) in [6.07, 6.45) is 9.55. The van der Waals surface area contributed by atoms with Crippen molar-refractivity contribution in [2.45, 2.75) is 52.0 Å². The van der Waals surface area contributed by atoms with Crippen LogP contribution in [0.4, 0.5) is 5.82 Å². The number of hydrogen-bond acceptors (Lipinski definition) is 7. The molecule has 0 spiro atoms. The zero-order valence-electron chi connectivity index (χ0n) is 22.2. The molecule has 2 aliphatic carbocycles. The van der Waals surface area contributed by atoms with E-state index >= 15 is 0 Å². The average molecular weight is 527 g/mol. The van der Waals surface area contributed by atoms with Gasteiger partial charge in [-0.3, -0.25) is 4.79 Å². The Bertz CT molecular complexity index is 1290. The summed E-state index contributed by atoms with van der Waals surface area (Å²) in [7, 11) is -1.39. The van der Waals surface area contributed by atoms with Gasteiger partial charge in [0.1, 0.15) is 5.82 Å². The van der Waals surface area contributed by atoms with Gasteiger partial charge in [-0.05, 0) is 81.1 Å². The lowest BCUT2D eigenvalue weighted by Crippen LogP contribution is -2.34. The van der Waals surface area contributed by atoms with Crippen molar-refractivity contribution in [3.63, 3.8) is 0 Å². The molecule has 9 heteroatoms. The number of aliphatic hydroxyl groups is 1. The van der Waals surface area contributed by atoms with Gasteiger partial charge in [0.15, 0.2) is 9.84 Å². The molecule has 0 aromatic carbocycles. The number of pyridine rings is 1. The first-order valence-electron chi connectivity index (χ1n) is 13.0. The topological polar surface area (TPSA) is 112 Å². The molecule has 1 aliphatic heterocycles. The summed E-state index contributed by atoms with van der Waals surface area (Å²) < 4.78 is 25.3. The van der Waals surface area contributed by atoms with Gasteiger partial charge in [-0.1, -0.05) is 19.1 Å². The Morgan fingerprint density at radius 3 is 2.78 bits per heavy atom. The number of fused-ring (bicyclic) bond motifs is 3. The van der Waals surface area contributed by atoms with E-state index in [0.717, 1.165) is 53.1 Å². The van der Waals surface area contributed by atoms with Crippen LogP contribution in [0.2, 0.25) is 0 Å². The number of nitrogens with one attached hydrogen (secondary N) is 2. The third-order valence-corrected chi connectivity index (χ3v) is 9.22. The van der Waals surface area contributed by atoms with Gasteiger partial charge in [0, 0.05) is 36.3 Å². The Morgan fingerprint density at radius 1 is 1.27 bits per heavy atom. The van der Waals surface area contributed by atoms with Crippen LogP contribution in [-0.2, 0) is 14.6 Å². The highest BCUT2D eigenvalue weighted by Gasteiger charge is 2.42. The molecule has 200 valence electrons. The van der Waals surface area contributed by atoms with E-state index in [4.69, 9.17) is 5.11 Å². The van der Waals surface area contributed by atoms with E-state index in [1.54, 1.807) is 19.1 Å². The SMILES string of the molecule is CCS(=O)(=O)C1=CCCC(C2=CC(C(=O)NCCCN(C)CCO)=C(C)C3Nc4ncc(C)cc4C23)=C1. The molecule has 1 aromatic rings. The molecule has 2 atom stereocenters. The average Bonchev–Trinajstić information content (AvgIpc) is 3.26. The van der Waals surface area contributed by atoms with Crippen LogP contribution in [0.15, 0.2) is 57.7 Å². The molecule has 0 radical (unpaired) electrons. The number of sulfone groups is 1. The summed E-state index contributed by atoms with van der Waals surface area (Å²) in [6, 6.07) is 2.01. The second-order valence-electron chi connectivity index (χ2n) is 10.1. The van der Waals surface area contributed by atoms with Gasteiger partial charge >= 0.3 is 0 Å². The van der Waals surface area contributed by atoms with E-state index in [2.05, 4.69) is 21.7 Å². The molecule has 2 heterocycles. The lowest BCUT2D eigenvalue weighted by Gasteiger charge is -2.32. The number of aliphatic hydroxyl groups excluding tert-OH is 1. The van der Waals surface area contributed by atoms with E-state index in [0.29, 0.717) is 30.0 Å². The Morgan fingerprint density at radius 2 is 2.05 bits per heavy atom. The van der Waals surface area contributed by atoms with Crippen molar-refractivity contribution in [2.24, 2.45) is 0 Å². The number of aryl methyl sites for hydroxylation is 1. The monoisotopic (exact) mass is 526 g/mol. The maximum atomic E-state index is 13.4. The fourth-order valence-corrected chi connectivity index (χ4v) is 6.37. The summed E-state index contributed by atoms with van der Waals surface area (Å²) in [5.74, 6) is 0.698. The van der Waals surface area contributed by atoms with Gasteiger partial charge in [0.05, 0.1) is 23.3 Å². The number of likely N-dealkylation sites (N-methyl/N-ethyl adjacent to an activating group) is 1. The van der Waals surface area contributed by atoms with E-state index in [9.17, 15) is 13.2 Å². The zero-order valence-corrected chi connectivity index (χ0v) is 23.0. The van der Waals surface area contributed by atoms with Crippen LogP contribution in [0, 0.1) is 6.92 Å². The van der Waals surface area contributed by atoms with Crippen LogP contribution in [-0.4, -0.2) is 74.4 Å². The van der Waals surface area contributed by atoms with E-state index in [1.165, 1.54) is 0 Å². The number of anilines is 1. The van der Waals surface area contributed by atoms with Crippen LogP contribution in [0.25, 0.3) is 0 Å². The minimum Gasteiger partial charge on any atom is -0.395 e. The number of nitrogens with zero attached hydrogens (tertiary/aromatic N) is 2. The van der Waals surface area contributed by atoms with Crippen molar-refractivity contribution in [3.8, 4) is 0 Å². The Balaban J connectivity index is 1.67. The molecular formula is C28H38N4O4S. The first-order chi connectivity index (χ1) is 17.7. The molecule has 0 bridgehead atoms. The third kappa shape index (κ3) is 5.73. The van der Waals surface area contributed by atoms with Crippen molar-refractivity contribution in [3.05, 3.63) is 68.8 Å². The summed E-state index contributed by atoms with van der Waals surface area (Å²) in [5.41, 5.74) is 5.66. The largest absolute Gasteiger partial charge is 0.395 e. The lowest BCUT2D eigenvalue weighted by atomic mass is 9.74. The van der Waals surface area contributed by atoms with Crippen molar-refractivity contribution in [1.29, 1.82) is 0 Å². The van der Waals surface area contributed by atoms with Crippen molar-refractivity contribution < 1.29 is 18.3 Å². The van der Waals surface area contributed by atoms with Gasteiger partial charge in [-0.15, -0.1) is 0 Å². The molecule has 2 unspecified atom stereocenters. The highest BCUT2D eigenvalue weighted by molar-refractivity contribution is 7.95. The van der Waals surface area contributed by atoms with Crippen LogP contribution < -0.4 is 10.6 Å². The number of aromatic nitrogens is 1. The van der Waals surface area contributed by atoms with Crippen LogP contribution >= 0.6 is 0 Å². The first-order valence-corrected chi connectivity index (χ1v) is 14.7. The minimum atomic E-state index is -3.33. The zero-order chi connectivity index (χ0) is 26.7. The molecule has 0 saturated carbocycles. The number of amides is 1. The second kappa shape index (κ2) is 11.3. The van der Waals surface area contributed by atoms with Crippen molar-refractivity contribution >= 4 is 21.6 Å². The smallest absolute Gasteiger partial charge is 0.251 e. The Labute approximate surface area is 220 Å². The van der Waals surface area contributed by atoms with Gasteiger partial charge in [-0.25, -0.2) is 13.4 Å². The van der Waals surface area contributed by atoms with E-state index < -0.39 is 9.84 Å². The Hall–Kier alpha value is -2.75. The molecule has 37 heavy (non-hydrogen) atoms. The standard InChI is InChI=1S/C28H38N4O4S/c1-5-37(35,36)21-9-6-8-20(15-21)23-16-22(28(34)29-10-7-11-32(4)12-13-33)19(3)26-25(23)24-14-18(2)17-30-27(24)31-26/h9,14-17,25-26,33H,5-8,10-13H2,1-4H3,(H,29,34)(H,30,31). The van der Waals surface area contributed by atoms with Gasteiger partial charge in [0.25, 0.3) is 5.91 Å². The van der Waals surface area contributed by atoms with E-state index in [-0.39, 0.29) is 30.2 Å². The van der Waals surface area contributed by atoms with Gasteiger partial charge < -0.3 is 20.6 Å². The summed E-state index contributed by atoms with van der Waals surface area (Å²) in [4.78, 5) is 20.4. The molecule has 1 aromatic heterocycles. The number of carbonyl (C=O) groups excluding carboxylic acids is 1. The molecule has 3 N–H and O–H groups in total. The fraction of sp³-hybridized carbons (Fsp3) is 0.500. The van der Waals surface area contributed by atoms with Gasteiger partial charge in [-0.2, -0.15) is 0 Å². The predicted molar refractivity (Wildman–Crippen MR) is 147 cm³/mol. The van der Waals surface area contributed by atoms with Crippen LogP contribution in [0.3, 0.4) is 0 Å². The van der Waals surface area contributed by atoms with Gasteiger partial charge in [0.2, 0.25) is 0 Å². The number of carbonyl (C=O) groups is 1. The summed E-state index contributed by atoms with van der Waals surface area (Å²) in [6.45, 7) is 7.69. The van der Waals surface area contributed by atoms with Crippen molar-refractivity contribution in [2.75, 3.05) is 44.4 Å². The molecule has 3 aliphatic rings. The van der Waals surface area contributed by atoms with Crippen molar-refractivity contribution in [1.82, 2.24) is 15.2 Å². The maximum Gasteiger partial charge on any atom is 0.251 e. The third-order valence-electron chi connectivity index (χ3n) is 7.45. The lowest BCUT2D eigenvalue weighted by molar-refractivity contribution is -0.117. The summed E-state index contributed by atoms with van der Waals surface area (Å²) >= 11 is 0. The van der Waals surface area contributed by atoms with Crippen LogP contribution in [0.5, 0.6) is 0 Å². The molecule has 4 rings (SSSR count). The number of rotatable bonds is 10.